The predicted molar refractivity (Wildman–Crippen MR) is 59.6 cm³/mol. The van der Waals surface area contributed by atoms with Gasteiger partial charge in [-0.2, -0.15) is 0 Å². The summed E-state index contributed by atoms with van der Waals surface area (Å²) >= 11 is 0. The third-order valence-corrected chi connectivity index (χ3v) is 1.71. The summed E-state index contributed by atoms with van der Waals surface area (Å²) in [5.74, 6) is -0.0465. The zero-order valence-corrected chi connectivity index (χ0v) is 9.58. The Hall–Kier alpha value is -0.870. The third-order valence-electron chi connectivity index (χ3n) is 1.71. The quantitative estimate of drug-likeness (QED) is 0.466. The van der Waals surface area contributed by atoms with Gasteiger partial charge in [-0.3, -0.25) is 4.79 Å². The first-order chi connectivity index (χ1) is 7.02. The predicted octanol–water partition coefficient (Wildman–Crippen LogP) is 0.856. The molecule has 4 heteroatoms. The second kappa shape index (κ2) is 8.44. The number of ether oxygens (including phenoxy) is 1. The fourth-order valence-corrected chi connectivity index (χ4v) is 0.937. The summed E-state index contributed by atoms with van der Waals surface area (Å²) in [6, 6.07) is 0. The van der Waals surface area contributed by atoms with Gasteiger partial charge in [0.15, 0.2) is 0 Å². The smallest absolute Gasteiger partial charge is 0.220 e. The van der Waals surface area contributed by atoms with E-state index < -0.39 is 6.10 Å². The highest BCUT2D eigenvalue weighted by molar-refractivity contribution is 5.75. The molecule has 0 spiro atoms. The number of amides is 1. The Morgan fingerprint density at radius 2 is 2.27 bits per heavy atom. The number of rotatable bonds is 8. The molecule has 4 nitrogen and oxygen atoms in total. The van der Waals surface area contributed by atoms with Crippen LogP contribution in [-0.2, 0) is 9.53 Å². The molecule has 0 heterocycles. The molecule has 0 rings (SSSR count). The van der Waals surface area contributed by atoms with Crippen molar-refractivity contribution in [3.8, 4) is 0 Å². The minimum Gasteiger partial charge on any atom is -0.393 e. The number of aliphatic hydroxyl groups is 1. The Kier molecular flexibility index (Phi) is 7.95. The molecule has 0 aliphatic rings. The van der Waals surface area contributed by atoms with Crippen molar-refractivity contribution < 1.29 is 14.6 Å². The molecule has 1 amide bonds. The van der Waals surface area contributed by atoms with Crippen LogP contribution < -0.4 is 5.32 Å². The Bertz CT molecular complexity index is 202. The molecule has 0 saturated carbocycles. The maximum Gasteiger partial charge on any atom is 0.220 e. The van der Waals surface area contributed by atoms with Crippen LogP contribution in [0.25, 0.3) is 0 Å². The lowest BCUT2D eigenvalue weighted by molar-refractivity contribution is -0.121. The van der Waals surface area contributed by atoms with Gasteiger partial charge in [0.2, 0.25) is 5.91 Å². The van der Waals surface area contributed by atoms with Crippen molar-refractivity contribution in [3.05, 3.63) is 12.2 Å². The van der Waals surface area contributed by atoms with Crippen LogP contribution in [-0.4, -0.2) is 36.9 Å². The van der Waals surface area contributed by atoms with Crippen molar-refractivity contribution in [2.24, 2.45) is 0 Å². The second-order valence-corrected chi connectivity index (χ2v) is 3.75. The van der Waals surface area contributed by atoms with Gasteiger partial charge in [0.05, 0.1) is 19.3 Å². The van der Waals surface area contributed by atoms with Gasteiger partial charge in [-0.15, -0.1) is 0 Å². The van der Waals surface area contributed by atoms with E-state index in [0.717, 1.165) is 5.57 Å². The molecule has 0 aromatic carbocycles. The second-order valence-electron chi connectivity index (χ2n) is 3.75. The molecule has 88 valence electrons. The van der Waals surface area contributed by atoms with E-state index in [1.165, 1.54) is 0 Å². The first-order valence-corrected chi connectivity index (χ1v) is 5.19. The molecule has 1 unspecified atom stereocenters. The van der Waals surface area contributed by atoms with Gasteiger partial charge in [0.25, 0.3) is 0 Å². The molecule has 2 N–H and O–H groups in total. The topological polar surface area (TPSA) is 58.6 Å². The van der Waals surface area contributed by atoms with Gasteiger partial charge in [-0.25, -0.2) is 0 Å². The van der Waals surface area contributed by atoms with Crippen LogP contribution in [0.15, 0.2) is 12.2 Å². The van der Waals surface area contributed by atoms with Gasteiger partial charge < -0.3 is 15.2 Å². The molecule has 0 aliphatic heterocycles. The van der Waals surface area contributed by atoms with Crippen molar-refractivity contribution in [2.45, 2.75) is 32.8 Å². The van der Waals surface area contributed by atoms with Crippen molar-refractivity contribution in [3.63, 3.8) is 0 Å². The van der Waals surface area contributed by atoms with Crippen LogP contribution in [0.3, 0.4) is 0 Å². The summed E-state index contributed by atoms with van der Waals surface area (Å²) in [5, 5.41) is 11.7. The monoisotopic (exact) mass is 215 g/mol. The summed E-state index contributed by atoms with van der Waals surface area (Å²) in [5.41, 5.74) is 0.968. The highest BCUT2D eigenvalue weighted by Gasteiger charge is 2.02. The molecule has 0 aliphatic carbocycles. The van der Waals surface area contributed by atoms with Gasteiger partial charge >= 0.3 is 0 Å². The van der Waals surface area contributed by atoms with Crippen LogP contribution >= 0.6 is 0 Å². The summed E-state index contributed by atoms with van der Waals surface area (Å²) in [7, 11) is 0. The number of carbonyl (C=O) groups excluding carboxylic acids is 1. The van der Waals surface area contributed by atoms with Crippen LogP contribution in [0.4, 0.5) is 0 Å². The maximum atomic E-state index is 11.1. The van der Waals surface area contributed by atoms with Gasteiger partial charge in [0.1, 0.15) is 0 Å². The van der Waals surface area contributed by atoms with Crippen molar-refractivity contribution in [1.82, 2.24) is 5.32 Å². The molecule has 15 heavy (non-hydrogen) atoms. The Morgan fingerprint density at radius 1 is 1.60 bits per heavy atom. The van der Waals surface area contributed by atoms with E-state index >= 15 is 0 Å². The van der Waals surface area contributed by atoms with Crippen LogP contribution in [0, 0.1) is 0 Å². The average Bonchev–Trinajstić information content (AvgIpc) is 2.13. The fourth-order valence-electron chi connectivity index (χ4n) is 0.937. The highest BCUT2D eigenvalue weighted by atomic mass is 16.5. The minimum absolute atomic E-state index is 0.0465. The number of aliphatic hydroxyl groups excluding tert-OH is 1. The largest absolute Gasteiger partial charge is 0.393 e. The first-order valence-electron chi connectivity index (χ1n) is 5.19. The van der Waals surface area contributed by atoms with Crippen molar-refractivity contribution in [2.75, 3.05) is 19.8 Å². The first kappa shape index (κ1) is 14.1. The molecular weight excluding hydrogens is 194 g/mol. The van der Waals surface area contributed by atoms with E-state index in [1.54, 1.807) is 6.92 Å². The van der Waals surface area contributed by atoms with E-state index in [4.69, 9.17) is 9.84 Å². The molecule has 0 saturated heterocycles. The number of nitrogens with one attached hydrogen (secondary N) is 1. The van der Waals surface area contributed by atoms with Gasteiger partial charge in [0, 0.05) is 13.0 Å². The van der Waals surface area contributed by atoms with E-state index in [1.807, 2.05) is 6.92 Å². The summed E-state index contributed by atoms with van der Waals surface area (Å²) in [6.07, 6.45) is 0.437. The van der Waals surface area contributed by atoms with E-state index in [-0.39, 0.29) is 5.91 Å². The van der Waals surface area contributed by atoms with Gasteiger partial charge in [-0.05, 0) is 20.3 Å². The maximum absolute atomic E-state index is 11.1. The lowest BCUT2D eigenvalue weighted by Crippen LogP contribution is -2.27. The van der Waals surface area contributed by atoms with E-state index in [0.29, 0.717) is 32.6 Å². The molecule has 0 radical (unpaired) electrons. The molecule has 0 aromatic heterocycles. The summed E-state index contributed by atoms with van der Waals surface area (Å²) < 4.78 is 5.21. The zero-order chi connectivity index (χ0) is 11.7. The molecule has 0 bridgehead atoms. The molecule has 0 fully saturated rings. The van der Waals surface area contributed by atoms with Crippen molar-refractivity contribution >= 4 is 5.91 Å². The average molecular weight is 215 g/mol. The third kappa shape index (κ3) is 11.1. The minimum atomic E-state index is -0.421. The number of hydrogen-bond donors (Lipinski definition) is 2. The SMILES string of the molecule is C=C(C)COCCNC(=O)CCC(C)O. The zero-order valence-electron chi connectivity index (χ0n) is 9.58. The standard InChI is InChI=1S/C11H21NO3/c1-9(2)8-15-7-6-12-11(14)5-4-10(3)13/h10,13H,1,4-8H2,2-3H3,(H,12,14). The van der Waals surface area contributed by atoms with Crippen LogP contribution in [0.5, 0.6) is 0 Å². The lowest BCUT2D eigenvalue weighted by Gasteiger charge is -2.07. The summed E-state index contributed by atoms with van der Waals surface area (Å²) in [6.45, 7) is 8.79. The van der Waals surface area contributed by atoms with Crippen LogP contribution in [0.2, 0.25) is 0 Å². The van der Waals surface area contributed by atoms with E-state index in [2.05, 4.69) is 11.9 Å². The summed E-state index contributed by atoms with van der Waals surface area (Å²) in [4.78, 5) is 11.1. The van der Waals surface area contributed by atoms with Crippen LogP contribution in [0.1, 0.15) is 26.7 Å². The number of hydrogen-bond acceptors (Lipinski definition) is 3. The number of carbonyl (C=O) groups is 1. The highest BCUT2D eigenvalue weighted by Crippen LogP contribution is 1.94. The van der Waals surface area contributed by atoms with Crippen molar-refractivity contribution in [1.29, 1.82) is 0 Å². The molecule has 0 aromatic rings. The van der Waals surface area contributed by atoms with E-state index in [9.17, 15) is 4.79 Å². The Balaban J connectivity index is 3.28. The Morgan fingerprint density at radius 3 is 2.80 bits per heavy atom. The molecular formula is C11H21NO3. The fraction of sp³-hybridized carbons (Fsp3) is 0.727. The lowest BCUT2D eigenvalue weighted by atomic mass is 10.2. The normalized spacial score (nSPS) is 12.2. The molecule has 1 atom stereocenters. The van der Waals surface area contributed by atoms with Gasteiger partial charge in [-0.1, -0.05) is 12.2 Å². The Labute approximate surface area is 91.3 Å².